The maximum atomic E-state index is 13.1. The molecule has 4 nitrogen and oxygen atoms in total. The molecule has 0 fully saturated rings. The van der Waals surface area contributed by atoms with Crippen molar-refractivity contribution in [2.45, 2.75) is 30.6 Å². The summed E-state index contributed by atoms with van der Waals surface area (Å²) in [6.45, 7) is 5.67. The van der Waals surface area contributed by atoms with E-state index in [-0.39, 0.29) is 16.4 Å². The largest absolute Gasteiger partial charge is 0.288 e. The van der Waals surface area contributed by atoms with E-state index < -0.39 is 10.0 Å². The van der Waals surface area contributed by atoms with Gasteiger partial charge in [-0.3, -0.25) is 4.79 Å². The number of ketones is 1. The fourth-order valence-electron chi connectivity index (χ4n) is 3.46. The Morgan fingerprint density at radius 1 is 0.806 bits per heavy atom. The molecule has 0 heterocycles. The lowest BCUT2D eigenvalue weighted by atomic mass is 9.94. The van der Waals surface area contributed by atoms with Gasteiger partial charge in [-0.15, -0.1) is 0 Å². The van der Waals surface area contributed by atoms with Gasteiger partial charge in [-0.1, -0.05) is 71.4 Å². The zero-order chi connectivity index (χ0) is 22.2. The molecule has 0 atom stereocenters. The SMILES string of the molecule is Cc1ccc(SC2=C/C(=N\S(=O)(=O)c3ccc(C)cc3C)c3ccccc3C2=O)cc1. The highest BCUT2D eigenvalue weighted by molar-refractivity contribution is 8.04. The van der Waals surface area contributed by atoms with Gasteiger partial charge in [0.1, 0.15) is 0 Å². The van der Waals surface area contributed by atoms with Crippen molar-refractivity contribution in [2.75, 3.05) is 0 Å². The first kappa shape index (κ1) is 21.3. The molecule has 1 aliphatic carbocycles. The first-order valence-electron chi connectivity index (χ1n) is 9.77. The molecule has 0 bridgehead atoms. The highest BCUT2D eigenvalue weighted by Gasteiger charge is 2.27. The average molecular weight is 448 g/mol. The maximum Gasteiger partial charge on any atom is 0.283 e. The molecule has 0 saturated heterocycles. The van der Waals surface area contributed by atoms with E-state index in [1.54, 1.807) is 49.4 Å². The van der Waals surface area contributed by atoms with Gasteiger partial charge in [0.05, 0.1) is 15.5 Å². The minimum Gasteiger partial charge on any atom is -0.288 e. The number of benzene rings is 3. The van der Waals surface area contributed by atoms with Crippen molar-refractivity contribution in [3.8, 4) is 0 Å². The molecule has 4 rings (SSSR count). The molecule has 0 aliphatic heterocycles. The number of allylic oxidation sites excluding steroid dienone is 2. The molecule has 0 aromatic heterocycles. The van der Waals surface area contributed by atoms with Crippen molar-refractivity contribution >= 4 is 33.3 Å². The lowest BCUT2D eigenvalue weighted by molar-refractivity contribution is 0.104. The van der Waals surface area contributed by atoms with Crippen molar-refractivity contribution < 1.29 is 13.2 Å². The van der Waals surface area contributed by atoms with E-state index in [9.17, 15) is 13.2 Å². The lowest BCUT2D eigenvalue weighted by Gasteiger charge is -2.17. The Morgan fingerprint density at radius 3 is 2.13 bits per heavy atom. The van der Waals surface area contributed by atoms with Crippen molar-refractivity contribution in [2.24, 2.45) is 4.40 Å². The second kappa shape index (κ2) is 8.29. The van der Waals surface area contributed by atoms with Gasteiger partial charge in [-0.25, -0.2) is 0 Å². The Bertz CT molecular complexity index is 1350. The summed E-state index contributed by atoms with van der Waals surface area (Å²) >= 11 is 1.31. The van der Waals surface area contributed by atoms with Crippen LogP contribution in [0.15, 0.2) is 91.9 Å². The molecule has 31 heavy (non-hydrogen) atoms. The van der Waals surface area contributed by atoms with E-state index in [4.69, 9.17) is 0 Å². The van der Waals surface area contributed by atoms with Gasteiger partial charge in [-0.05, 0) is 50.6 Å². The number of Topliss-reactive ketones (excluding diaryl/α,β-unsaturated/α-hetero) is 1. The van der Waals surface area contributed by atoms with Crippen LogP contribution in [0.4, 0.5) is 0 Å². The van der Waals surface area contributed by atoms with Crippen LogP contribution in [-0.2, 0) is 10.0 Å². The molecule has 0 spiro atoms. The summed E-state index contributed by atoms with van der Waals surface area (Å²) < 4.78 is 30.4. The molecule has 0 saturated carbocycles. The van der Waals surface area contributed by atoms with Gasteiger partial charge < -0.3 is 0 Å². The van der Waals surface area contributed by atoms with Crippen LogP contribution in [0.3, 0.4) is 0 Å². The van der Waals surface area contributed by atoms with Crippen molar-refractivity contribution in [1.29, 1.82) is 0 Å². The summed E-state index contributed by atoms with van der Waals surface area (Å²) in [4.78, 5) is 14.6. The second-order valence-corrected chi connectivity index (χ2v) is 10.2. The zero-order valence-corrected chi connectivity index (χ0v) is 19.0. The van der Waals surface area contributed by atoms with Crippen LogP contribution in [0, 0.1) is 20.8 Å². The molecule has 0 radical (unpaired) electrons. The van der Waals surface area contributed by atoms with E-state index in [1.807, 2.05) is 44.2 Å². The minimum absolute atomic E-state index is 0.135. The van der Waals surface area contributed by atoms with Gasteiger partial charge in [0.2, 0.25) is 0 Å². The van der Waals surface area contributed by atoms with E-state index in [0.717, 1.165) is 16.0 Å². The van der Waals surface area contributed by atoms with Gasteiger partial charge in [0.25, 0.3) is 10.0 Å². The lowest BCUT2D eigenvalue weighted by Crippen LogP contribution is -2.17. The summed E-state index contributed by atoms with van der Waals surface area (Å²) in [5, 5.41) is 0. The van der Waals surface area contributed by atoms with Crippen LogP contribution >= 0.6 is 11.8 Å². The summed E-state index contributed by atoms with van der Waals surface area (Å²) in [7, 11) is -3.95. The van der Waals surface area contributed by atoms with Gasteiger partial charge in [0.15, 0.2) is 5.78 Å². The van der Waals surface area contributed by atoms with Crippen molar-refractivity contribution in [3.63, 3.8) is 0 Å². The average Bonchev–Trinajstić information content (AvgIpc) is 2.72. The van der Waals surface area contributed by atoms with Gasteiger partial charge in [0, 0.05) is 16.0 Å². The highest BCUT2D eigenvalue weighted by Crippen LogP contribution is 2.34. The zero-order valence-electron chi connectivity index (χ0n) is 17.4. The maximum absolute atomic E-state index is 13.1. The number of thioether (sulfide) groups is 1. The van der Waals surface area contributed by atoms with E-state index in [2.05, 4.69) is 4.40 Å². The Labute approximate surface area is 186 Å². The number of sulfonamides is 1. The molecule has 0 N–H and O–H groups in total. The molecule has 156 valence electrons. The molecular weight excluding hydrogens is 426 g/mol. The molecule has 3 aromatic rings. The predicted octanol–water partition coefficient (Wildman–Crippen LogP) is 5.66. The first-order valence-corrected chi connectivity index (χ1v) is 12.0. The molecular formula is C25H21NO3S2. The number of hydrogen-bond acceptors (Lipinski definition) is 4. The molecule has 0 unspecified atom stereocenters. The number of carbonyl (C=O) groups excluding carboxylic acids is 1. The monoisotopic (exact) mass is 447 g/mol. The van der Waals surface area contributed by atoms with E-state index >= 15 is 0 Å². The summed E-state index contributed by atoms with van der Waals surface area (Å²) in [6.07, 6.45) is 1.58. The number of fused-ring (bicyclic) bond motifs is 1. The Morgan fingerprint density at radius 2 is 1.45 bits per heavy atom. The van der Waals surface area contributed by atoms with Crippen LogP contribution in [0.5, 0.6) is 0 Å². The Hall–Kier alpha value is -2.96. The van der Waals surface area contributed by atoms with Gasteiger partial charge >= 0.3 is 0 Å². The molecule has 3 aromatic carbocycles. The third-order valence-electron chi connectivity index (χ3n) is 5.01. The van der Waals surface area contributed by atoms with Gasteiger partial charge in [-0.2, -0.15) is 12.8 Å². The quantitative estimate of drug-likeness (QED) is 0.517. The molecule has 0 amide bonds. The van der Waals surface area contributed by atoms with E-state index in [1.165, 1.54) is 11.8 Å². The Kier molecular flexibility index (Phi) is 5.69. The fraction of sp³-hybridized carbons (Fsp3) is 0.120. The number of rotatable bonds is 4. The standard InChI is InChI=1S/C25H21NO3S2/c1-16-8-11-19(12-9-16)30-23-15-22(20-6-4-5-7-21(20)25(23)27)26-31(28,29)24-13-10-17(2)14-18(24)3/h4-15H,1-3H3/b26-22+. The fourth-order valence-corrected chi connectivity index (χ4v) is 5.57. The van der Waals surface area contributed by atoms with Crippen LogP contribution in [-0.4, -0.2) is 19.9 Å². The van der Waals surface area contributed by atoms with Crippen LogP contribution < -0.4 is 0 Å². The number of nitrogens with zero attached hydrogens (tertiary/aromatic N) is 1. The molecule has 1 aliphatic rings. The predicted molar refractivity (Wildman–Crippen MR) is 126 cm³/mol. The van der Waals surface area contributed by atoms with Crippen LogP contribution in [0.25, 0.3) is 0 Å². The van der Waals surface area contributed by atoms with Crippen molar-refractivity contribution in [1.82, 2.24) is 0 Å². The summed E-state index contributed by atoms with van der Waals surface area (Å²) in [5.74, 6) is -0.135. The van der Waals surface area contributed by atoms with Crippen LogP contribution in [0.2, 0.25) is 0 Å². The summed E-state index contributed by atoms with van der Waals surface area (Å²) in [6, 6.07) is 20.0. The number of hydrogen-bond donors (Lipinski definition) is 0. The summed E-state index contributed by atoms with van der Waals surface area (Å²) in [5.41, 5.74) is 3.99. The molecule has 6 heteroatoms. The third-order valence-corrected chi connectivity index (χ3v) is 7.50. The normalized spacial score (nSPS) is 15.0. The topological polar surface area (TPSA) is 63.6 Å². The highest BCUT2D eigenvalue weighted by atomic mass is 32.2. The number of aryl methyl sites for hydroxylation is 3. The smallest absolute Gasteiger partial charge is 0.283 e. The van der Waals surface area contributed by atoms with Crippen molar-refractivity contribution in [3.05, 3.63) is 106 Å². The minimum atomic E-state index is -3.95. The Balaban J connectivity index is 1.82. The number of carbonyl (C=O) groups is 1. The van der Waals surface area contributed by atoms with Crippen LogP contribution in [0.1, 0.15) is 32.6 Å². The van der Waals surface area contributed by atoms with E-state index in [0.29, 0.717) is 21.6 Å². The second-order valence-electron chi connectivity index (χ2n) is 7.52. The first-order chi connectivity index (χ1) is 14.7. The third kappa shape index (κ3) is 4.40.